The molecule has 1 aliphatic heterocycles. The summed E-state index contributed by atoms with van der Waals surface area (Å²) in [5, 5.41) is 5.28. The highest BCUT2D eigenvalue weighted by atomic mass is 19.1. The standard InChI is InChI=1S/C22H25FN4O3/c1-3-30-14-8-13-24-22(29)26-20-21(28)27(2)18-12-7-5-10-16(18)19(25-20)15-9-4-6-11-17(15)23/h4-7,9-12,20H,3,8,13-14H2,1-2H3,(H2,24,26,29). The molecule has 1 heterocycles. The molecular weight excluding hydrogens is 387 g/mol. The first-order chi connectivity index (χ1) is 14.5. The largest absolute Gasteiger partial charge is 0.382 e. The Morgan fingerprint density at radius 1 is 1.17 bits per heavy atom. The van der Waals surface area contributed by atoms with Crippen LogP contribution in [-0.2, 0) is 9.53 Å². The molecule has 3 rings (SSSR count). The summed E-state index contributed by atoms with van der Waals surface area (Å²) in [7, 11) is 1.61. The zero-order valence-electron chi connectivity index (χ0n) is 17.0. The van der Waals surface area contributed by atoms with Crippen LogP contribution in [0.15, 0.2) is 53.5 Å². The van der Waals surface area contributed by atoms with E-state index in [1.165, 1.54) is 11.0 Å². The normalized spacial score (nSPS) is 15.8. The Labute approximate surface area is 174 Å². The Bertz CT molecular complexity index is 947. The first-order valence-corrected chi connectivity index (χ1v) is 9.84. The van der Waals surface area contributed by atoms with Gasteiger partial charge in [0.2, 0.25) is 6.17 Å². The molecule has 158 valence electrons. The average molecular weight is 412 g/mol. The van der Waals surface area contributed by atoms with Crippen molar-refractivity contribution in [1.82, 2.24) is 10.6 Å². The van der Waals surface area contributed by atoms with Crippen molar-refractivity contribution < 1.29 is 18.7 Å². The third-order valence-electron chi connectivity index (χ3n) is 4.70. The van der Waals surface area contributed by atoms with Crippen LogP contribution in [0.1, 0.15) is 24.5 Å². The molecule has 0 saturated heterocycles. The molecule has 2 aromatic rings. The van der Waals surface area contributed by atoms with Gasteiger partial charge in [-0.05, 0) is 31.5 Å². The number of carbonyl (C=O) groups excluding carboxylic acids is 2. The molecule has 7 nitrogen and oxygen atoms in total. The van der Waals surface area contributed by atoms with Crippen molar-refractivity contribution in [2.75, 3.05) is 31.7 Å². The van der Waals surface area contributed by atoms with Crippen molar-refractivity contribution in [2.24, 2.45) is 4.99 Å². The quantitative estimate of drug-likeness (QED) is 0.686. The summed E-state index contributed by atoms with van der Waals surface area (Å²) in [5.41, 5.74) is 1.77. The molecule has 0 saturated carbocycles. The monoisotopic (exact) mass is 412 g/mol. The van der Waals surface area contributed by atoms with Crippen molar-refractivity contribution in [3.05, 3.63) is 65.5 Å². The summed E-state index contributed by atoms with van der Waals surface area (Å²) >= 11 is 0. The Morgan fingerprint density at radius 3 is 2.60 bits per heavy atom. The number of ether oxygens (including phenoxy) is 1. The number of likely N-dealkylation sites (N-methyl/N-ethyl adjacent to an activating group) is 1. The van der Waals surface area contributed by atoms with Crippen molar-refractivity contribution in [3.63, 3.8) is 0 Å². The lowest BCUT2D eigenvalue weighted by molar-refractivity contribution is -0.119. The van der Waals surface area contributed by atoms with Crippen LogP contribution in [0.4, 0.5) is 14.9 Å². The van der Waals surface area contributed by atoms with Crippen molar-refractivity contribution >= 4 is 23.3 Å². The predicted molar refractivity (Wildman–Crippen MR) is 113 cm³/mol. The molecule has 2 aromatic carbocycles. The molecule has 0 radical (unpaired) electrons. The van der Waals surface area contributed by atoms with Gasteiger partial charge in [-0.3, -0.25) is 4.79 Å². The molecule has 30 heavy (non-hydrogen) atoms. The highest BCUT2D eigenvalue weighted by molar-refractivity contribution is 6.20. The number of nitrogens with one attached hydrogen (secondary N) is 2. The third kappa shape index (κ3) is 4.83. The number of aliphatic imine (C=N–C) groups is 1. The Hall–Kier alpha value is -3.26. The lowest BCUT2D eigenvalue weighted by Gasteiger charge is -2.21. The first kappa shape index (κ1) is 21.4. The number of nitrogens with zero attached hydrogens (tertiary/aromatic N) is 2. The fourth-order valence-electron chi connectivity index (χ4n) is 3.18. The number of para-hydroxylation sites is 1. The molecule has 0 bridgehead atoms. The van der Waals surface area contributed by atoms with Crippen LogP contribution >= 0.6 is 0 Å². The minimum atomic E-state index is -1.19. The van der Waals surface area contributed by atoms with E-state index in [-0.39, 0.29) is 5.56 Å². The van der Waals surface area contributed by atoms with Crippen LogP contribution in [0.25, 0.3) is 0 Å². The predicted octanol–water partition coefficient (Wildman–Crippen LogP) is 2.69. The fourth-order valence-corrected chi connectivity index (χ4v) is 3.18. The number of fused-ring (bicyclic) bond motifs is 1. The minimum absolute atomic E-state index is 0.261. The summed E-state index contributed by atoms with van der Waals surface area (Å²) < 4.78 is 19.8. The lowest BCUT2D eigenvalue weighted by atomic mass is 10.00. The van der Waals surface area contributed by atoms with Gasteiger partial charge >= 0.3 is 6.03 Å². The number of hydrogen-bond acceptors (Lipinski definition) is 4. The average Bonchev–Trinajstić information content (AvgIpc) is 2.85. The molecule has 0 fully saturated rings. The number of rotatable bonds is 7. The molecular formula is C22H25FN4O3. The highest BCUT2D eigenvalue weighted by Gasteiger charge is 2.31. The molecule has 8 heteroatoms. The maximum absolute atomic E-state index is 14.6. The summed E-state index contributed by atoms with van der Waals surface area (Å²) in [5.74, 6) is -0.875. The van der Waals surface area contributed by atoms with Crippen LogP contribution in [0, 0.1) is 5.82 Å². The second-order valence-corrected chi connectivity index (χ2v) is 6.73. The lowest BCUT2D eigenvalue weighted by Crippen LogP contribution is -2.49. The number of anilines is 1. The maximum atomic E-state index is 14.6. The first-order valence-electron chi connectivity index (χ1n) is 9.84. The molecule has 1 aliphatic rings. The Morgan fingerprint density at radius 2 is 1.87 bits per heavy atom. The summed E-state index contributed by atoms with van der Waals surface area (Å²) in [4.78, 5) is 31.2. The fraction of sp³-hybridized carbons (Fsp3) is 0.318. The number of hydrogen-bond donors (Lipinski definition) is 2. The van der Waals surface area contributed by atoms with E-state index in [9.17, 15) is 14.0 Å². The van der Waals surface area contributed by atoms with Gasteiger partial charge in [-0.15, -0.1) is 0 Å². The molecule has 0 spiro atoms. The summed E-state index contributed by atoms with van der Waals surface area (Å²) in [6.45, 7) is 3.44. The zero-order valence-corrected chi connectivity index (χ0v) is 17.0. The second kappa shape index (κ2) is 9.98. The molecule has 0 aliphatic carbocycles. The van der Waals surface area contributed by atoms with Gasteiger partial charge in [-0.1, -0.05) is 30.3 Å². The van der Waals surface area contributed by atoms with E-state index >= 15 is 0 Å². The van der Waals surface area contributed by atoms with Crippen molar-refractivity contribution in [1.29, 1.82) is 0 Å². The topological polar surface area (TPSA) is 83.0 Å². The smallest absolute Gasteiger partial charge is 0.316 e. The number of amides is 3. The SMILES string of the molecule is CCOCCCNC(=O)NC1N=C(c2ccccc2F)c2ccccc2N(C)C1=O. The van der Waals surface area contributed by atoms with E-state index in [4.69, 9.17) is 4.74 Å². The maximum Gasteiger partial charge on any atom is 0.316 e. The number of benzene rings is 2. The van der Waals surface area contributed by atoms with E-state index in [1.807, 2.05) is 6.92 Å². The number of halogens is 1. The molecule has 0 aromatic heterocycles. The van der Waals surface area contributed by atoms with Gasteiger partial charge in [-0.25, -0.2) is 14.2 Å². The van der Waals surface area contributed by atoms with E-state index < -0.39 is 23.9 Å². The zero-order chi connectivity index (χ0) is 21.5. The van der Waals surface area contributed by atoms with Gasteiger partial charge in [0.25, 0.3) is 5.91 Å². The van der Waals surface area contributed by atoms with Crippen LogP contribution in [0.2, 0.25) is 0 Å². The minimum Gasteiger partial charge on any atom is -0.382 e. The molecule has 3 amide bonds. The Balaban J connectivity index is 1.89. The van der Waals surface area contributed by atoms with E-state index in [0.717, 1.165) is 0 Å². The second-order valence-electron chi connectivity index (χ2n) is 6.73. The summed E-state index contributed by atoms with van der Waals surface area (Å²) in [6.07, 6.45) is -0.543. The van der Waals surface area contributed by atoms with Crippen molar-refractivity contribution in [3.8, 4) is 0 Å². The third-order valence-corrected chi connectivity index (χ3v) is 4.70. The van der Waals surface area contributed by atoms with Crippen LogP contribution in [0.5, 0.6) is 0 Å². The number of carbonyl (C=O) groups is 2. The van der Waals surface area contributed by atoms with Gasteiger partial charge in [0.1, 0.15) is 5.82 Å². The van der Waals surface area contributed by atoms with Crippen molar-refractivity contribution in [2.45, 2.75) is 19.5 Å². The van der Waals surface area contributed by atoms with E-state index in [1.54, 1.807) is 49.5 Å². The molecule has 1 atom stereocenters. The molecule has 1 unspecified atom stereocenters. The van der Waals surface area contributed by atoms with E-state index in [2.05, 4.69) is 15.6 Å². The summed E-state index contributed by atoms with van der Waals surface area (Å²) in [6, 6.07) is 12.8. The van der Waals surface area contributed by atoms with Gasteiger partial charge in [0.15, 0.2) is 0 Å². The van der Waals surface area contributed by atoms with Crippen LogP contribution in [0.3, 0.4) is 0 Å². The Kier molecular flexibility index (Phi) is 7.13. The van der Waals surface area contributed by atoms with Crippen LogP contribution in [-0.4, -0.2) is 50.6 Å². The molecule has 2 N–H and O–H groups in total. The van der Waals surface area contributed by atoms with Gasteiger partial charge < -0.3 is 20.3 Å². The van der Waals surface area contributed by atoms with Gasteiger partial charge in [-0.2, -0.15) is 0 Å². The van der Waals surface area contributed by atoms with Crippen LogP contribution < -0.4 is 15.5 Å². The number of urea groups is 1. The van der Waals surface area contributed by atoms with Gasteiger partial charge in [0, 0.05) is 37.9 Å². The van der Waals surface area contributed by atoms with Gasteiger partial charge in [0.05, 0.1) is 11.4 Å². The number of benzodiazepines with no additional fused rings is 1. The van der Waals surface area contributed by atoms with E-state index in [0.29, 0.717) is 43.1 Å². The highest BCUT2D eigenvalue weighted by Crippen LogP contribution is 2.27.